The molecular formula is C20H34O5. The van der Waals surface area contributed by atoms with E-state index in [1.165, 1.54) is 51.4 Å². The molecule has 5 heteroatoms. The second-order valence-corrected chi connectivity index (χ2v) is 6.74. The fraction of sp³-hybridized carbons (Fsp3) is 0.800. The van der Waals surface area contributed by atoms with Crippen molar-refractivity contribution < 1.29 is 23.8 Å². The van der Waals surface area contributed by atoms with Gasteiger partial charge in [0.25, 0.3) is 0 Å². The Hall–Kier alpha value is -1.36. The van der Waals surface area contributed by atoms with Crippen molar-refractivity contribution in [1.82, 2.24) is 0 Å². The monoisotopic (exact) mass is 354 g/mol. The third-order valence-electron chi connectivity index (χ3n) is 4.21. The number of epoxide rings is 1. The maximum absolute atomic E-state index is 11.7. The fourth-order valence-corrected chi connectivity index (χ4v) is 2.51. The third kappa shape index (κ3) is 12.6. The smallest absolute Gasteiger partial charge is 0.334 e. The van der Waals surface area contributed by atoms with Crippen molar-refractivity contribution in [2.45, 2.75) is 83.7 Å². The predicted molar refractivity (Wildman–Crippen MR) is 97.3 cm³/mol. The molecule has 0 amide bonds. The van der Waals surface area contributed by atoms with Gasteiger partial charge >= 0.3 is 11.9 Å². The molecule has 0 aromatic carbocycles. The lowest BCUT2D eigenvalue weighted by Crippen LogP contribution is -2.15. The summed E-state index contributed by atoms with van der Waals surface area (Å²) in [6.45, 7) is 7.08. The molecule has 1 atom stereocenters. The van der Waals surface area contributed by atoms with Crippen LogP contribution in [0.15, 0.2) is 12.2 Å². The summed E-state index contributed by atoms with van der Waals surface area (Å²) in [6, 6.07) is 0. The number of unbranched alkanes of at least 4 members (excludes halogenated alkanes) is 9. The molecule has 144 valence electrons. The molecule has 1 aliphatic rings. The van der Waals surface area contributed by atoms with Crippen molar-refractivity contribution in [3.8, 4) is 0 Å². The topological polar surface area (TPSA) is 65.1 Å². The highest BCUT2D eigenvalue weighted by Crippen LogP contribution is 2.12. The van der Waals surface area contributed by atoms with Gasteiger partial charge < -0.3 is 14.2 Å². The molecule has 1 saturated heterocycles. The Balaban J connectivity index is 1.87. The minimum Gasteiger partial charge on any atom is -0.465 e. The van der Waals surface area contributed by atoms with Crippen LogP contribution in [0.3, 0.4) is 0 Å². The average molecular weight is 354 g/mol. The van der Waals surface area contributed by atoms with Crippen molar-refractivity contribution in [1.29, 1.82) is 0 Å². The molecule has 0 aromatic rings. The summed E-state index contributed by atoms with van der Waals surface area (Å²) in [7, 11) is 0. The van der Waals surface area contributed by atoms with Crippen LogP contribution in [0.5, 0.6) is 0 Å². The minimum atomic E-state index is -0.550. The van der Waals surface area contributed by atoms with Crippen LogP contribution in [0.25, 0.3) is 0 Å². The van der Waals surface area contributed by atoms with Crippen LogP contribution < -0.4 is 0 Å². The summed E-state index contributed by atoms with van der Waals surface area (Å²) in [4.78, 5) is 23.2. The highest BCUT2D eigenvalue weighted by Gasteiger charge is 2.25. The molecule has 1 heterocycles. The average Bonchev–Trinajstić information content (AvgIpc) is 3.41. The van der Waals surface area contributed by atoms with E-state index >= 15 is 0 Å². The van der Waals surface area contributed by atoms with Gasteiger partial charge in [0.1, 0.15) is 12.7 Å². The van der Waals surface area contributed by atoms with Gasteiger partial charge in [-0.25, -0.2) is 4.79 Å². The molecule has 0 bridgehead atoms. The van der Waals surface area contributed by atoms with Gasteiger partial charge in [0, 0.05) is 5.57 Å². The first-order valence-corrected chi connectivity index (χ1v) is 9.75. The Kier molecular flexibility index (Phi) is 12.0. The van der Waals surface area contributed by atoms with Gasteiger partial charge in [-0.05, 0) is 6.42 Å². The molecule has 0 aliphatic carbocycles. The predicted octanol–water partition coefficient (Wildman–Crippen LogP) is 4.34. The summed E-state index contributed by atoms with van der Waals surface area (Å²) in [5.41, 5.74) is 0.133. The van der Waals surface area contributed by atoms with Crippen LogP contribution in [-0.4, -0.2) is 37.9 Å². The highest BCUT2D eigenvalue weighted by atomic mass is 16.6. The molecule has 1 aliphatic heterocycles. The summed E-state index contributed by atoms with van der Waals surface area (Å²) in [5.74, 6) is -0.966. The van der Waals surface area contributed by atoms with E-state index in [-0.39, 0.29) is 24.7 Å². The second kappa shape index (κ2) is 13.9. The molecule has 1 fully saturated rings. The summed E-state index contributed by atoms with van der Waals surface area (Å²) >= 11 is 0. The molecule has 0 aromatic heterocycles. The molecule has 1 unspecified atom stereocenters. The van der Waals surface area contributed by atoms with Gasteiger partial charge in [-0.2, -0.15) is 0 Å². The van der Waals surface area contributed by atoms with E-state index in [2.05, 4.69) is 13.5 Å². The SMILES string of the molecule is C=C(CC(=O)OCCCCCCCCCCCC)C(=O)OCC1CO1. The molecule has 0 spiro atoms. The normalized spacial score (nSPS) is 15.6. The Morgan fingerprint density at radius 2 is 1.52 bits per heavy atom. The number of hydrogen-bond donors (Lipinski definition) is 0. The van der Waals surface area contributed by atoms with Gasteiger partial charge in [-0.1, -0.05) is 71.3 Å². The summed E-state index contributed by atoms with van der Waals surface area (Å²) in [5, 5.41) is 0. The fourth-order valence-electron chi connectivity index (χ4n) is 2.51. The molecule has 0 radical (unpaired) electrons. The number of rotatable bonds is 16. The lowest BCUT2D eigenvalue weighted by molar-refractivity contribution is -0.146. The number of esters is 2. The van der Waals surface area contributed by atoms with E-state index in [0.717, 1.165) is 12.8 Å². The highest BCUT2D eigenvalue weighted by molar-refractivity contribution is 5.93. The van der Waals surface area contributed by atoms with Crippen molar-refractivity contribution in [2.75, 3.05) is 19.8 Å². The standard InChI is InChI=1S/C20H34O5/c1-3-4-5-6-7-8-9-10-11-12-13-23-19(21)14-17(2)20(22)25-16-18-15-24-18/h18H,2-16H2,1H3. The van der Waals surface area contributed by atoms with Crippen LogP contribution >= 0.6 is 0 Å². The van der Waals surface area contributed by atoms with E-state index in [1.54, 1.807) is 0 Å². The van der Waals surface area contributed by atoms with E-state index in [9.17, 15) is 9.59 Å². The van der Waals surface area contributed by atoms with E-state index in [1.807, 2.05) is 0 Å². The zero-order valence-electron chi connectivity index (χ0n) is 15.7. The number of ether oxygens (including phenoxy) is 3. The minimum absolute atomic E-state index is 0.0139. The molecule has 5 nitrogen and oxygen atoms in total. The molecule has 1 rings (SSSR count). The first-order chi connectivity index (χ1) is 12.1. The van der Waals surface area contributed by atoms with Gasteiger partial charge in [0.2, 0.25) is 0 Å². The molecule has 25 heavy (non-hydrogen) atoms. The number of carbonyl (C=O) groups is 2. The van der Waals surface area contributed by atoms with Crippen molar-refractivity contribution in [3.63, 3.8) is 0 Å². The number of hydrogen-bond acceptors (Lipinski definition) is 5. The molecular weight excluding hydrogens is 320 g/mol. The van der Waals surface area contributed by atoms with E-state index in [0.29, 0.717) is 13.2 Å². The zero-order valence-corrected chi connectivity index (χ0v) is 15.7. The third-order valence-corrected chi connectivity index (χ3v) is 4.21. The van der Waals surface area contributed by atoms with Gasteiger partial charge in [-0.3, -0.25) is 4.79 Å². The molecule has 0 N–H and O–H groups in total. The Bertz CT molecular complexity index is 401. The lowest BCUT2D eigenvalue weighted by atomic mass is 10.1. The zero-order chi connectivity index (χ0) is 18.3. The van der Waals surface area contributed by atoms with Crippen molar-refractivity contribution in [2.24, 2.45) is 0 Å². The second-order valence-electron chi connectivity index (χ2n) is 6.74. The lowest BCUT2D eigenvalue weighted by Gasteiger charge is -2.07. The van der Waals surface area contributed by atoms with Crippen LogP contribution in [-0.2, 0) is 23.8 Å². The van der Waals surface area contributed by atoms with Crippen LogP contribution in [0.2, 0.25) is 0 Å². The van der Waals surface area contributed by atoms with Crippen LogP contribution in [0.4, 0.5) is 0 Å². The maximum atomic E-state index is 11.7. The maximum Gasteiger partial charge on any atom is 0.334 e. The summed E-state index contributed by atoms with van der Waals surface area (Å²) in [6.07, 6.45) is 12.3. The molecule has 0 saturated carbocycles. The Morgan fingerprint density at radius 1 is 0.960 bits per heavy atom. The van der Waals surface area contributed by atoms with Crippen LogP contribution in [0, 0.1) is 0 Å². The van der Waals surface area contributed by atoms with Crippen molar-refractivity contribution >= 4 is 11.9 Å². The van der Waals surface area contributed by atoms with Gasteiger partial charge in [-0.15, -0.1) is 0 Å². The summed E-state index contributed by atoms with van der Waals surface area (Å²) < 4.78 is 15.1. The van der Waals surface area contributed by atoms with E-state index in [4.69, 9.17) is 14.2 Å². The largest absolute Gasteiger partial charge is 0.465 e. The Labute approximate surface area is 152 Å². The Morgan fingerprint density at radius 3 is 2.08 bits per heavy atom. The quantitative estimate of drug-likeness (QED) is 0.178. The van der Waals surface area contributed by atoms with E-state index < -0.39 is 11.9 Å². The van der Waals surface area contributed by atoms with Gasteiger partial charge in [0.15, 0.2) is 0 Å². The number of carbonyl (C=O) groups excluding carboxylic acids is 2. The van der Waals surface area contributed by atoms with Crippen molar-refractivity contribution in [3.05, 3.63) is 12.2 Å². The van der Waals surface area contributed by atoms with Gasteiger partial charge in [0.05, 0.1) is 19.6 Å². The first-order valence-electron chi connectivity index (χ1n) is 9.75. The van der Waals surface area contributed by atoms with Crippen LogP contribution in [0.1, 0.15) is 77.6 Å². The first kappa shape index (κ1) is 21.7.